The number of nitrogens with one attached hydrogen (secondary N) is 1. The van der Waals surface area contributed by atoms with Gasteiger partial charge in [-0.25, -0.2) is 0 Å². The second-order valence-corrected chi connectivity index (χ2v) is 5.15. The summed E-state index contributed by atoms with van der Waals surface area (Å²) < 4.78 is 2.16. The van der Waals surface area contributed by atoms with E-state index in [1.54, 1.807) is 0 Å². The highest BCUT2D eigenvalue weighted by atomic mass is 15.3. The average molecular weight is 235 g/mol. The summed E-state index contributed by atoms with van der Waals surface area (Å²) in [6, 6.07) is 2.98. The summed E-state index contributed by atoms with van der Waals surface area (Å²) in [7, 11) is 0. The lowest BCUT2D eigenvalue weighted by molar-refractivity contribution is 0.395. The Morgan fingerprint density at radius 3 is 2.94 bits per heavy atom. The maximum atomic E-state index is 4.54. The second kappa shape index (κ2) is 5.67. The first-order valence-corrected chi connectivity index (χ1v) is 7.01. The van der Waals surface area contributed by atoms with Crippen LogP contribution in [-0.2, 0) is 13.0 Å². The quantitative estimate of drug-likeness (QED) is 0.850. The fourth-order valence-electron chi connectivity index (χ4n) is 3.12. The Bertz CT molecular complexity index is 356. The molecule has 3 nitrogen and oxygen atoms in total. The molecule has 1 N–H and O–H groups in total. The molecule has 1 heterocycles. The molecule has 0 radical (unpaired) electrons. The van der Waals surface area contributed by atoms with E-state index < -0.39 is 0 Å². The fourth-order valence-corrected chi connectivity index (χ4v) is 3.12. The molecule has 17 heavy (non-hydrogen) atoms. The van der Waals surface area contributed by atoms with Gasteiger partial charge in [0.2, 0.25) is 0 Å². The standard InChI is InChI=1S/C14H25N3/c1-4-15-14-8-6-7-12(14)10-13-9-11(3)16-17(13)5-2/h9,12,14-15H,4-8,10H2,1-3H3. The van der Waals surface area contributed by atoms with Crippen LogP contribution in [0.15, 0.2) is 6.07 Å². The first kappa shape index (κ1) is 12.6. The third kappa shape index (κ3) is 2.89. The first-order valence-electron chi connectivity index (χ1n) is 7.01. The Morgan fingerprint density at radius 2 is 2.24 bits per heavy atom. The van der Waals surface area contributed by atoms with E-state index in [-0.39, 0.29) is 0 Å². The van der Waals surface area contributed by atoms with E-state index in [1.807, 2.05) is 0 Å². The van der Waals surface area contributed by atoms with Gasteiger partial charge < -0.3 is 5.32 Å². The van der Waals surface area contributed by atoms with Crippen LogP contribution >= 0.6 is 0 Å². The summed E-state index contributed by atoms with van der Waals surface area (Å²) in [4.78, 5) is 0. The number of nitrogens with zero attached hydrogens (tertiary/aromatic N) is 2. The Kier molecular flexibility index (Phi) is 4.21. The Morgan fingerprint density at radius 1 is 1.41 bits per heavy atom. The first-order chi connectivity index (χ1) is 8.24. The van der Waals surface area contributed by atoms with Gasteiger partial charge in [-0.3, -0.25) is 4.68 Å². The van der Waals surface area contributed by atoms with Gasteiger partial charge in [0.25, 0.3) is 0 Å². The van der Waals surface area contributed by atoms with E-state index in [0.717, 1.165) is 30.7 Å². The zero-order valence-corrected chi connectivity index (χ0v) is 11.4. The molecule has 1 aromatic rings. The lowest BCUT2D eigenvalue weighted by Gasteiger charge is -2.20. The van der Waals surface area contributed by atoms with Gasteiger partial charge in [0.05, 0.1) is 5.69 Å². The summed E-state index contributed by atoms with van der Waals surface area (Å²) in [6.07, 6.45) is 5.28. The summed E-state index contributed by atoms with van der Waals surface area (Å²) in [6.45, 7) is 8.54. The lowest BCUT2D eigenvalue weighted by Crippen LogP contribution is -2.33. The molecule has 0 amide bonds. The summed E-state index contributed by atoms with van der Waals surface area (Å²) in [5.41, 5.74) is 2.57. The number of aryl methyl sites for hydroxylation is 2. The van der Waals surface area contributed by atoms with E-state index in [1.165, 1.54) is 31.4 Å². The summed E-state index contributed by atoms with van der Waals surface area (Å²) >= 11 is 0. The molecule has 2 rings (SSSR count). The third-order valence-electron chi connectivity index (χ3n) is 3.88. The molecule has 2 atom stereocenters. The van der Waals surface area contributed by atoms with Crippen LogP contribution in [0.3, 0.4) is 0 Å². The predicted molar refractivity (Wildman–Crippen MR) is 71.1 cm³/mol. The van der Waals surface area contributed by atoms with E-state index in [2.05, 4.69) is 41.9 Å². The predicted octanol–water partition coefficient (Wildman–Crippen LogP) is 2.53. The van der Waals surface area contributed by atoms with Gasteiger partial charge in [-0.05, 0) is 51.6 Å². The minimum Gasteiger partial charge on any atom is -0.314 e. The maximum Gasteiger partial charge on any atom is 0.0596 e. The molecule has 0 saturated heterocycles. The van der Waals surface area contributed by atoms with Crippen molar-refractivity contribution >= 4 is 0 Å². The van der Waals surface area contributed by atoms with E-state index in [9.17, 15) is 0 Å². The van der Waals surface area contributed by atoms with Crippen LogP contribution in [-0.4, -0.2) is 22.4 Å². The Hall–Kier alpha value is -0.830. The van der Waals surface area contributed by atoms with Gasteiger partial charge in [-0.15, -0.1) is 0 Å². The minimum atomic E-state index is 0.723. The van der Waals surface area contributed by atoms with Gasteiger partial charge in [-0.1, -0.05) is 13.3 Å². The molecule has 1 aromatic heterocycles. The van der Waals surface area contributed by atoms with Crippen LogP contribution in [0.25, 0.3) is 0 Å². The molecule has 96 valence electrons. The molecule has 0 spiro atoms. The molecule has 1 saturated carbocycles. The zero-order chi connectivity index (χ0) is 12.3. The lowest BCUT2D eigenvalue weighted by atomic mass is 9.97. The SMILES string of the molecule is CCNC1CCCC1Cc1cc(C)nn1CC. The fraction of sp³-hybridized carbons (Fsp3) is 0.786. The molecule has 0 aromatic carbocycles. The van der Waals surface area contributed by atoms with Crippen LogP contribution in [0.4, 0.5) is 0 Å². The minimum absolute atomic E-state index is 0.723. The largest absolute Gasteiger partial charge is 0.314 e. The Balaban J connectivity index is 2.03. The van der Waals surface area contributed by atoms with Gasteiger partial charge in [0.1, 0.15) is 0 Å². The number of hydrogen-bond donors (Lipinski definition) is 1. The highest BCUT2D eigenvalue weighted by Gasteiger charge is 2.27. The monoisotopic (exact) mass is 235 g/mol. The van der Waals surface area contributed by atoms with Crippen molar-refractivity contribution in [2.45, 2.75) is 59.0 Å². The van der Waals surface area contributed by atoms with Gasteiger partial charge in [-0.2, -0.15) is 5.10 Å². The van der Waals surface area contributed by atoms with E-state index in [4.69, 9.17) is 0 Å². The normalized spacial score (nSPS) is 24.4. The Labute approximate surface area is 105 Å². The molecular formula is C14H25N3. The topological polar surface area (TPSA) is 29.9 Å². The van der Waals surface area contributed by atoms with Crippen molar-refractivity contribution < 1.29 is 0 Å². The summed E-state index contributed by atoms with van der Waals surface area (Å²) in [5, 5.41) is 8.17. The van der Waals surface area contributed by atoms with Crippen molar-refractivity contribution in [1.29, 1.82) is 0 Å². The van der Waals surface area contributed by atoms with E-state index >= 15 is 0 Å². The highest BCUT2D eigenvalue weighted by molar-refractivity contribution is 5.10. The van der Waals surface area contributed by atoms with Gasteiger partial charge >= 0.3 is 0 Å². The zero-order valence-electron chi connectivity index (χ0n) is 11.4. The van der Waals surface area contributed by atoms with Crippen molar-refractivity contribution in [3.8, 4) is 0 Å². The van der Waals surface area contributed by atoms with Crippen LogP contribution in [0.5, 0.6) is 0 Å². The highest BCUT2D eigenvalue weighted by Crippen LogP contribution is 2.29. The number of hydrogen-bond acceptors (Lipinski definition) is 2. The third-order valence-corrected chi connectivity index (χ3v) is 3.88. The second-order valence-electron chi connectivity index (χ2n) is 5.15. The molecular weight excluding hydrogens is 210 g/mol. The number of aromatic nitrogens is 2. The van der Waals surface area contributed by atoms with Crippen LogP contribution in [0.2, 0.25) is 0 Å². The molecule has 0 bridgehead atoms. The van der Waals surface area contributed by atoms with Crippen molar-refractivity contribution in [2.75, 3.05) is 6.54 Å². The summed E-state index contributed by atoms with van der Waals surface area (Å²) in [5.74, 6) is 0.802. The van der Waals surface area contributed by atoms with Crippen LogP contribution < -0.4 is 5.32 Å². The molecule has 0 aliphatic heterocycles. The van der Waals surface area contributed by atoms with Crippen LogP contribution in [0, 0.1) is 12.8 Å². The van der Waals surface area contributed by atoms with Crippen molar-refractivity contribution in [1.82, 2.24) is 15.1 Å². The number of rotatable bonds is 5. The van der Waals surface area contributed by atoms with Crippen molar-refractivity contribution in [3.63, 3.8) is 0 Å². The molecule has 1 aliphatic rings. The van der Waals surface area contributed by atoms with E-state index in [0.29, 0.717) is 0 Å². The molecule has 1 fully saturated rings. The van der Waals surface area contributed by atoms with Crippen LogP contribution in [0.1, 0.15) is 44.5 Å². The molecule has 2 unspecified atom stereocenters. The smallest absolute Gasteiger partial charge is 0.0596 e. The van der Waals surface area contributed by atoms with Crippen molar-refractivity contribution in [2.24, 2.45) is 5.92 Å². The maximum absolute atomic E-state index is 4.54. The van der Waals surface area contributed by atoms with Crippen molar-refractivity contribution in [3.05, 3.63) is 17.5 Å². The molecule has 1 aliphatic carbocycles. The average Bonchev–Trinajstić information content (AvgIpc) is 2.87. The van der Waals surface area contributed by atoms with Gasteiger partial charge in [0, 0.05) is 18.3 Å². The molecule has 3 heteroatoms. The van der Waals surface area contributed by atoms with Gasteiger partial charge in [0.15, 0.2) is 0 Å².